The van der Waals surface area contributed by atoms with E-state index in [1.807, 2.05) is 31.4 Å². The fourth-order valence-electron chi connectivity index (χ4n) is 3.36. The van der Waals surface area contributed by atoms with Crippen molar-refractivity contribution >= 4 is 22.5 Å². The van der Waals surface area contributed by atoms with Crippen molar-refractivity contribution in [1.82, 2.24) is 9.55 Å². The molecule has 0 aliphatic heterocycles. The van der Waals surface area contributed by atoms with Crippen molar-refractivity contribution < 1.29 is 9.13 Å². The summed E-state index contributed by atoms with van der Waals surface area (Å²) in [5.41, 5.74) is 4.12. The number of nitrogens with zero attached hydrogens (tertiary/aromatic N) is 3. The number of nitriles is 1. The van der Waals surface area contributed by atoms with Crippen LogP contribution in [0.3, 0.4) is 0 Å². The van der Waals surface area contributed by atoms with Crippen LogP contribution in [0.15, 0.2) is 24.3 Å². The van der Waals surface area contributed by atoms with Gasteiger partial charge < -0.3 is 9.30 Å². The molecule has 4 nitrogen and oxygen atoms in total. The van der Waals surface area contributed by atoms with Crippen LogP contribution in [-0.4, -0.2) is 16.2 Å². The molecule has 2 aromatic heterocycles. The van der Waals surface area contributed by atoms with Crippen molar-refractivity contribution in [3.8, 4) is 6.07 Å². The summed E-state index contributed by atoms with van der Waals surface area (Å²) in [7, 11) is 0. The van der Waals surface area contributed by atoms with Gasteiger partial charge >= 0.3 is 0 Å². The van der Waals surface area contributed by atoms with Crippen LogP contribution in [0.5, 0.6) is 0 Å². The van der Waals surface area contributed by atoms with Gasteiger partial charge in [0.25, 0.3) is 0 Å². The Hall–Kier alpha value is -2.42. The third kappa shape index (κ3) is 3.69. The zero-order valence-corrected chi connectivity index (χ0v) is 16.4. The molecule has 2 heterocycles. The maximum Gasteiger partial charge on any atom is 0.129 e. The summed E-state index contributed by atoms with van der Waals surface area (Å²) in [5.74, 6) is -0.407. The molecule has 0 radical (unpaired) electrons. The van der Waals surface area contributed by atoms with Crippen LogP contribution < -0.4 is 0 Å². The van der Waals surface area contributed by atoms with Crippen LogP contribution in [0.1, 0.15) is 41.4 Å². The predicted octanol–water partition coefficient (Wildman–Crippen LogP) is 5.29. The third-order valence-electron chi connectivity index (χ3n) is 4.77. The van der Waals surface area contributed by atoms with E-state index in [0.717, 1.165) is 23.1 Å². The number of fused-ring (bicyclic) bond motifs is 1. The zero-order chi connectivity index (χ0) is 19.6. The Morgan fingerprint density at radius 1 is 1.33 bits per heavy atom. The topological polar surface area (TPSA) is 50.8 Å². The van der Waals surface area contributed by atoms with E-state index < -0.39 is 5.82 Å². The fourth-order valence-corrected chi connectivity index (χ4v) is 3.55. The van der Waals surface area contributed by atoms with E-state index in [-0.39, 0.29) is 0 Å². The summed E-state index contributed by atoms with van der Waals surface area (Å²) in [5, 5.41) is 10.7. The molecule has 0 aliphatic carbocycles. The van der Waals surface area contributed by atoms with E-state index >= 15 is 0 Å². The summed E-state index contributed by atoms with van der Waals surface area (Å²) < 4.78 is 22.6. The predicted molar refractivity (Wildman–Crippen MR) is 104 cm³/mol. The quantitative estimate of drug-likeness (QED) is 0.427. The van der Waals surface area contributed by atoms with Crippen LogP contribution in [0, 0.1) is 31.0 Å². The Balaban J connectivity index is 2.21. The van der Waals surface area contributed by atoms with E-state index in [2.05, 4.69) is 11.1 Å². The summed E-state index contributed by atoms with van der Waals surface area (Å²) in [6, 6.07) is 8.73. The summed E-state index contributed by atoms with van der Waals surface area (Å²) in [6.07, 6.45) is 1.21. The van der Waals surface area contributed by atoms with Crippen LogP contribution >= 0.6 is 11.6 Å². The number of aromatic nitrogens is 2. The molecule has 0 amide bonds. The third-order valence-corrected chi connectivity index (χ3v) is 4.98. The van der Waals surface area contributed by atoms with Crippen molar-refractivity contribution in [2.24, 2.45) is 0 Å². The average Bonchev–Trinajstić information content (AvgIpc) is 2.89. The van der Waals surface area contributed by atoms with Crippen molar-refractivity contribution in [2.45, 2.75) is 40.3 Å². The zero-order valence-electron chi connectivity index (χ0n) is 15.6. The number of hydrogen-bond acceptors (Lipinski definition) is 3. The molecule has 0 saturated carbocycles. The molecule has 0 aliphatic rings. The molecule has 3 rings (SSSR count). The standard InChI is InChI=1S/C21H21ClFN3O/c1-4-8-27-12-26-14(3)13(2)20-17(10-16-6-5-7-19(22)25-16)18(23)9-15(11-24)21(20)26/h5-7,9H,4,8,10,12H2,1-3H3. The van der Waals surface area contributed by atoms with Crippen LogP contribution in [-0.2, 0) is 17.9 Å². The molecular weight excluding hydrogens is 365 g/mol. The molecule has 0 unspecified atom stereocenters. The number of ether oxygens (including phenoxy) is 1. The molecule has 27 heavy (non-hydrogen) atoms. The van der Waals surface area contributed by atoms with Gasteiger partial charge in [-0.2, -0.15) is 5.26 Å². The number of halogens is 2. The molecule has 3 aromatic rings. The monoisotopic (exact) mass is 385 g/mol. The van der Waals surface area contributed by atoms with Gasteiger partial charge in [-0.3, -0.25) is 0 Å². The Bertz CT molecular complexity index is 1040. The first-order chi connectivity index (χ1) is 13.0. The van der Waals surface area contributed by atoms with Gasteiger partial charge in [-0.15, -0.1) is 0 Å². The smallest absolute Gasteiger partial charge is 0.129 e. The maximum absolute atomic E-state index is 14.9. The summed E-state index contributed by atoms with van der Waals surface area (Å²) in [6.45, 7) is 6.91. The average molecular weight is 386 g/mol. The van der Waals surface area contributed by atoms with E-state index in [4.69, 9.17) is 16.3 Å². The van der Waals surface area contributed by atoms with Gasteiger partial charge in [0.05, 0.1) is 11.1 Å². The summed E-state index contributed by atoms with van der Waals surface area (Å²) >= 11 is 5.98. The lowest BCUT2D eigenvalue weighted by atomic mass is 9.98. The highest BCUT2D eigenvalue weighted by molar-refractivity contribution is 6.29. The van der Waals surface area contributed by atoms with E-state index in [1.54, 1.807) is 12.1 Å². The van der Waals surface area contributed by atoms with Crippen molar-refractivity contribution in [3.63, 3.8) is 0 Å². The first-order valence-corrected chi connectivity index (χ1v) is 9.25. The molecule has 0 spiro atoms. The highest BCUT2D eigenvalue weighted by Gasteiger charge is 2.21. The van der Waals surface area contributed by atoms with Gasteiger partial charge in [0.2, 0.25) is 0 Å². The number of rotatable bonds is 6. The SMILES string of the molecule is CCCOCn1c(C)c(C)c2c(Cc3cccc(Cl)n3)c(F)cc(C#N)c21. The van der Waals surface area contributed by atoms with Crippen molar-refractivity contribution in [2.75, 3.05) is 6.61 Å². The second-order valence-corrected chi connectivity index (χ2v) is 6.91. The van der Waals surface area contributed by atoms with Crippen molar-refractivity contribution in [1.29, 1.82) is 5.26 Å². The van der Waals surface area contributed by atoms with Crippen LogP contribution in [0.2, 0.25) is 5.15 Å². The first-order valence-electron chi connectivity index (χ1n) is 8.88. The lowest BCUT2D eigenvalue weighted by molar-refractivity contribution is 0.0791. The van der Waals surface area contributed by atoms with E-state index in [0.29, 0.717) is 47.2 Å². The minimum atomic E-state index is -0.407. The molecule has 0 saturated heterocycles. The lowest BCUT2D eigenvalue weighted by Crippen LogP contribution is -2.06. The van der Waals surface area contributed by atoms with Crippen molar-refractivity contribution in [3.05, 3.63) is 63.3 Å². The van der Waals surface area contributed by atoms with Gasteiger partial charge in [0.15, 0.2) is 0 Å². The van der Waals surface area contributed by atoms with Crippen LogP contribution in [0.25, 0.3) is 10.9 Å². The highest BCUT2D eigenvalue weighted by atomic mass is 35.5. The molecule has 0 atom stereocenters. The molecule has 0 fully saturated rings. The number of benzene rings is 1. The first kappa shape index (κ1) is 19.3. The normalized spacial score (nSPS) is 11.1. The van der Waals surface area contributed by atoms with Gasteiger partial charge in [-0.05, 0) is 44.0 Å². The number of hydrogen-bond donors (Lipinski definition) is 0. The highest BCUT2D eigenvalue weighted by Crippen LogP contribution is 2.34. The molecular formula is C21H21ClFN3O. The Morgan fingerprint density at radius 3 is 2.78 bits per heavy atom. The van der Waals surface area contributed by atoms with Gasteiger partial charge in [0, 0.05) is 35.4 Å². The van der Waals surface area contributed by atoms with Gasteiger partial charge in [-0.25, -0.2) is 9.37 Å². The van der Waals surface area contributed by atoms with Crippen LogP contribution in [0.4, 0.5) is 4.39 Å². The Kier molecular flexibility index (Phi) is 5.79. The number of pyridine rings is 1. The largest absolute Gasteiger partial charge is 0.361 e. The lowest BCUT2D eigenvalue weighted by Gasteiger charge is -2.12. The van der Waals surface area contributed by atoms with Gasteiger partial charge in [0.1, 0.15) is 23.8 Å². The molecule has 140 valence electrons. The number of aryl methyl sites for hydroxylation is 1. The molecule has 1 aromatic carbocycles. The Labute approximate surface area is 163 Å². The molecule has 6 heteroatoms. The second-order valence-electron chi connectivity index (χ2n) is 6.52. The van der Waals surface area contributed by atoms with Gasteiger partial charge in [-0.1, -0.05) is 24.6 Å². The Morgan fingerprint density at radius 2 is 2.11 bits per heavy atom. The minimum absolute atomic E-state index is 0.300. The molecule has 0 bridgehead atoms. The minimum Gasteiger partial charge on any atom is -0.361 e. The van der Waals surface area contributed by atoms with E-state index in [1.165, 1.54) is 6.07 Å². The summed E-state index contributed by atoms with van der Waals surface area (Å²) in [4.78, 5) is 4.28. The fraction of sp³-hybridized carbons (Fsp3) is 0.333. The second kappa shape index (κ2) is 8.08. The van der Waals surface area contributed by atoms with E-state index in [9.17, 15) is 9.65 Å². The maximum atomic E-state index is 14.9. The molecule has 0 N–H and O–H groups in total.